The molecule has 2 saturated heterocycles. The third-order valence-corrected chi connectivity index (χ3v) is 5.46. The molecule has 130 valence electrons. The fraction of sp³-hybridized carbons (Fsp3) is 1.00. The first-order chi connectivity index (χ1) is 10.3. The highest BCUT2D eigenvalue weighted by molar-refractivity contribution is 4.93. The van der Waals surface area contributed by atoms with Gasteiger partial charge in [-0.25, -0.2) is 0 Å². The van der Waals surface area contributed by atoms with Crippen LogP contribution in [0.5, 0.6) is 0 Å². The van der Waals surface area contributed by atoms with E-state index in [4.69, 9.17) is 4.74 Å². The quantitative estimate of drug-likeness (QED) is 0.842. The van der Waals surface area contributed by atoms with E-state index in [0.717, 1.165) is 32.2 Å². The Bertz CT molecular complexity index is 324. The molecule has 0 saturated carbocycles. The van der Waals surface area contributed by atoms with Crippen molar-refractivity contribution in [3.05, 3.63) is 0 Å². The van der Waals surface area contributed by atoms with Crippen LogP contribution in [0.3, 0.4) is 0 Å². The largest absolute Gasteiger partial charge is 0.375 e. The molecular formula is C18H37N3O. The Morgan fingerprint density at radius 1 is 0.955 bits per heavy atom. The molecule has 2 aliphatic heterocycles. The zero-order chi connectivity index (χ0) is 16.2. The van der Waals surface area contributed by atoms with Crippen LogP contribution in [0.4, 0.5) is 0 Å². The predicted octanol–water partition coefficient (Wildman–Crippen LogP) is 2.20. The van der Waals surface area contributed by atoms with E-state index in [1.807, 2.05) is 0 Å². The van der Waals surface area contributed by atoms with Crippen LogP contribution in [-0.4, -0.2) is 73.4 Å². The molecule has 0 aromatic carbocycles. The molecule has 4 heteroatoms. The average molecular weight is 312 g/mol. The van der Waals surface area contributed by atoms with Crippen molar-refractivity contribution in [2.24, 2.45) is 5.92 Å². The number of hydrogen-bond donors (Lipinski definition) is 1. The van der Waals surface area contributed by atoms with Gasteiger partial charge in [0.1, 0.15) is 0 Å². The van der Waals surface area contributed by atoms with Crippen LogP contribution in [0.2, 0.25) is 0 Å². The highest BCUT2D eigenvalue weighted by Gasteiger charge is 2.37. The molecule has 4 nitrogen and oxygen atoms in total. The smallest absolute Gasteiger partial charge is 0.0600 e. The summed E-state index contributed by atoms with van der Waals surface area (Å²) in [7, 11) is 0. The summed E-state index contributed by atoms with van der Waals surface area (Å²) in [5.41, 5.74) is 0.332. The lowest BCUT2D eigenvalue weighted by Gasteiger charge is -2.48. The van der Waals surface area contributed by atoms with Crippen molar-refractivity contribution >= 4 is 0 Å². The van der Waals surface area contributed by atoms with E-state index < -0.39 is 0 Å². The lowest BCUT2D eigenvalue weighted by molar-refractivity contribution is -0.0236. The molecule has 0 bridgehead atoms. The van der Waals surface area contributed by atoms with Crippen molar-refractivity contribution in [1.82, 2.24) is 15.1 Å². The summed E-state index contributed by atoms with van der Waals surface area (Å²) < 4.78 is 5.86. The van der Waals surface area contributed by atoms with E-state index in [-0.39, 0.29) is 5.60 Å². The van der Waals surface area contributed by atoms with Gasteiger partial charge < -0.3 is 15.0 Å². The van der Waals surface area contributed by atoms with Crippen LogP contribution < -0.4 is 5.32 Å². The first-order valence-electron chi connectivity index (χ1n) is 9.11. The Morgan fingerprint density at radius 3 is 2.09 bits per heavy atom. The molecule has 2 heterocycles. The second-order valence-corrected chi connectivity index (χ2v) is 8.47. The standard InChI is InChI=1S/C18H37N3O/c1-17(2,3)22-15-14-20-10-6-16(7-11-20)18(4,5)21-12-8-19-9-13-21/h16,19H,6-15H2,1-5H3. The molecule has 22 heavy (non-hydrogen) atoms. The zero-order valence-electron chi connectivity index (χ0n) is 15.5. The number of piperazine rings is 1. The lowest BCUT2D eigenvalue weighted by Crippen LogP contribution is -2.58. The Balaban J connectivity index is 1.74. The monoisotopic (exact) mass is 311 g/mol. The first-order valence-corrected chi connectivity index (χ1v) is 9.11. The zero-order valence-corrected chi connectivity index (χ0v) is 15.5. The van der Waals surface area contributed by atoms with Crippen molar-refractivity contribution in [2.45, 2.75) is 58.6 Å². The van der Waals surface area contributed by atoms with Gasteiger partial charge in [-0.3, -0.25) is 4.90 Å². The highest BCUT2D eigenvalue weighted by atomic mass is 16.5. The maximum atomic E-state index is 5.86. The molecule has 2 aliphatic rings. The van der Waals surface area contributed by atoms with E-state index in [0.29, 0.717) is 5.54 Å². The molecule has 0 aliphatic carbocycles. The van der Waals surface area contributed by atoms with Gasteiger partial charge in [-0.2, -0.15) is 0 Å². The molecule has 2 rings (SSSR count). The third-order valence-electron chi connectivity index (χ3n) is 5.46. The summed E-state index contributed by atoms with van der Waals surface area (Å²) in [6, 6.07) is 0. The van der Waals surface area contributed by atoms with E-state index in [1.165, 1.54) is 39.0 Å². The van der Waals surface area contributed by atoms with Gasteiger partial charge in [-0.1, -0.05) is 0 Å². The van der Waals surface area contributed by atoms with Crippen molar-refractivity contribution in [1.29, 1.82) is 0 Å². The summed E-state index contributed by atoms with van der Waals surface area (Å²) in [5.74, 6) is 0.824. The van der Waals surface area contributed by atoms with Gasteiger partial charge in [0.25, 0.3) is 0 Å². The van der Waals surface area contributed by atoms with Gasteiger partial charge in [0.05, 0.1) is 12.2 Å². The molecule has 0 radical (unpaired) electrons. The highest BCUT2D eigenvalue weighted by Crippen LogP contribution is 2.33. The second-order valence-electron chi connectivity index (χ2n) is 8.47. The third kappa shape index (κ3) is 5.19. The normalized spacial score (nSPS) is 23.9. The average Bonchev–Trinajstić information content (AvgIpc) is 2.47. The van der Waals surface area contributed by atoms with Gasteiger partial charge in [0, 0.05) is 38.3 Å². The first kappa shape index (κ1) is 18.2. The van der Waals surface area contributed by atoms with E-state index in [9.17, 15) is 0 Å². The van der Waals surface area contributed by atoms with Crippen LogP contribution in [0.25, 0.3) is 0 Å². The molecule has 0 amide bonds. The van der Waals surface area contributed by atoms with E-state index >= 15 is 0 Å². The summed E-state index contributed by atoms with van der Waals surface area (Å²) in [6.07, 6.45) is 2.65. The number of hydrogen-bond acceptors (Lipinski definition) is 4. The molecule has 1 N–H and O–H groups in total. The van der Waals surface area contributed by atoms with Gasteiger partial charge in [-0.05, 0) is 66.5 Å². The van der Waals surface area contributed by atoms with Gasteiger partial charge >= 0.3 is 0 Å². The summed E-state index contributed by atoms with van der Waals surface area (Å²) in [6.45, 7) is 20.4. The number of rotatable bonds is 5. The van der Waals surface area contributed by atoms with Crippen molar-refractivity contribution in [2.75, 3.05) is 52.4 Å². The molecule has 0 atom stereocenters. The molecule has 0 unspecified atom stereocenters. The fourth-order valence-corrected chi connectivity index (χ4v) is 3.84. The Hall–Kier alpha value is -0.160. The lowest BCUT2D eigenvalue weighted by atomic mass is 9.78. The van der Waals surface area contributed by atoms with Gasteiger partial charge in [-0.15, -0.1) is 0 Å². The SMILES string of the molecule is CC(C)(C)OCCN1CCC(C(C)(C)N2CCNCC2)CC1. The predicted molar refractivity (Wildman–Crippen MR) is 93.4 cm³/mol. The van der Waals surface area contributed by atoms with Crippen LogP contribution in [0.15, 0.2) is 0 Å². The van der Waals surface area contributed by atoms with Crippen LogP contribution in [-0.2, 0) is 4.74 Å². The Morgan fingerprint density at radius 2 is 1.55 bits per heavy atom. The maximum absolute atomic E-state index is 5.86. The van der Waals surface area contributed by atoms with Crippen molar-refractivity contribution in [3.63, 3.8) is 0 Å². The molecule has 0 spiro atoms. The van der Waals surface area contributed by atoms with Gasteiger partial charge in [0.2, 0.25) is 0 Å². The maximum Gasteiger partial charge on any atom is 0.0600 e. The van der Waals surface area contributed by atoms with Crippen LogP contribution >= 0.6 is 0 Å². The van der Waals surface area contributed by atoms with E-state index in [1.54, 1.807) is 0 Å². The fourth-order valence-electron chi connectivity index (χ4n) is 3.84. The summed E-state index contributed by atoms with van der Waals surface area (Å²) in [4.78, 5) is 5.28. The van der Waals surface area contributed by atoms with E-state index in [2.05, 4.69) is 49.7 Å². The molecule has 0 aromatic heterocycles. The minimum atomic E-state index is -0.0113. The topological polar surface area (TPSA) is 27.7 Å². The second kappa shape index (κ2) is 7.61. The number of nitrogens with zero attached hydrogens (tertiary/aromatic N) is 2. The van der Waals surface area contributed by atoms with Crippen molar-refractivity contribution in [3.8, 4) is 0 Å². The summed E-state index contributed by atoms with van der Waals surface area (Å²) in [5, 5.41) is 3.47. The number of ether oxygens (including phenoxy) is 1. The summed E-state index contributed by atoms with van der Waals surface area (Å²) >= 11 is 0. The van der Waals surface area contributed by atoms with Crippen LogP contribution in [0, 0.1) is 5.92 Å². The Kier molecular flexibility index (Phi) is 6.29. The van der Waals surface area contributed by atoms with Crippen molar-refractivity contribution < 1.29 is 4.74 Å². The van der Waals surface area contributed by atoms with Gasteiger partial charge in [0.15, 0.2) is 0 Å². The molecular weight excluding hydrogens is 274 g/mol. The molecule has 2 fully saturated rings. The number of likely N-dealkylation sites (tertiary alicyclic amines) is 1. The minimum absolute atomic E-state index is 0.0113. The number of nitrogens with one attached hydrogen (secondary N) is 1. The Labute approximate surface area is 137 Å². The minimum Gasteiger partial charge on any atom is -0.375 e. The van der Waals surface area contributed by atoms with Crippen LogP contribution in [0.1, 0.15) is 47.5 Å². The molecule has 0 aromatic rings. The number of piperidine rings is 1.